The molecule has 2 heterocycles. The lowest BCUT2D eigenvalue weighted by Gasteiger charge is -2.25. The molecule has 25 heavy (non-hydrogen) atoms. The quantitative estimate of drug-likeness (QED) is 0.793. The van der Waals surface area contributed by atoms with Gasteiger partial charge in [0.25, 0.3) is 0 Å². The highest BCUT2D eigenvalue weighted by Crippen LogP contribution is 2.30. The zero-order valence-electron chi connectivity index (χ0n) is 14.1. The number of hydrogen-bond donors (Lipinski definition) is 3. The van der Waals surface area contributed by atoms with Crippen LogP contribution in [-0.2, 0) is 18.3 Å². The average molecular weight is 343 g/mol. The average Bonchev–Trinajstić information content (AvgIpc) is 3.24. The summed E-state index contributed by atoms with van der Waals surface area (Å²) in [6.07, 6.45) is 5.48. The summed E-state index contributed by atoms with van der Waals surface area (Å²) < 4.78 is 15.0. The van der Waals surface area contributed by atoms with Crippen molar-refractivity contribution in [2.45, 2.75) is 43.8 Å². The van der Waals surface area contributed by atoms with Gasteiger partial charge < -0.3 is 5.32 Å². The van der Waals surface area contributed by atoms with Crippen LogP contribution in [0.15, 0.2) is 30.5 Å². The molecule has 3 unspecified atom stereocenters. The van der Waals surface area contributed by atoms with Crippen molar-refractivity contribution in [3.05, 3.63) is 53.1 Å². The fourth-order valence-corrected chi connectivity index (χ4v) is 3.77. The van der Waals surface area contributed by atoms with E-state index in [1.165, 1.54) is 17.8 Å². The van der Waals surface area contributed by atoms with Gasteiger partial charge >= 0.3 is 0 Å². The molecule has 0 radical (unpaired) electrons. The van der Waals surface area contributed by atoms with Crippen LogP contribution in [-0.4, -0.2) is 21.7 Å². The Morgan fingerprint density at radius 1 is 1.32 bits per heavy atom. The summed E-state index contributed by atoms with van der Waals surface area (Å²) in [6, 6.07) is 6.09. The summed E-state index contributed by atoms with van der Waals surface area (Å²) in [5, 5.41) is 7.48. The SMILES string of the molecule is Cn1ncc2c1CCCC2NC(=O)C1CC(c2ccc(F)cc2)NN1. The van der Waals surface area contributed by atoms with Crippen LogP contribution in [0, 0.1) is 5.82 Å². The first-order valence-electron chi connectivity index (χ1n) is 8.69. The smallest absolute Gasteiger partial charge is 0.239 e. The van der Waals surface area contributed by atoms with Gasteiger partial charge in [-0.25, -0.2) is 15.2 Å². The first-order chi connectivity index (χ1) is 12.1. The normalized spacial score (nSPS) is 25.6. The predicted molar refractivity (Wildman–Crippen MR) is 90.8 cm³/mol. The number of nitrogens with one attached hydrogen (secondary N) is 3. The number of nitrogens with zero attached hydrogens (tertiary/aromatic N) is 2. The predicted octanol–water partition coefficient (Wildman–Crippen LogP) is 1.66. The molecule has 1 fully saturated rings. The van der Waals surface area contributed by atoms with Crippen LogP contribution in [0.25, 0.3) is 0 Å². The number of benzene rings is 1. The van der Waals surface area contributed by atoms with Crippen LogP contribution in [0.2, 0.25) is 0 Å². The second-order valence-corrected chi connectivity index (χ2v) is 6.80. The van der Waals surface area contributed by atoms with Gasteiger partial charge in [-0.1, -0.05) is 12.1 Å². The number of rotatable bonds is 3. The van der Waals surface area contributed by atoms with Gasteiger partial charge in [-0.15, -0.1) is 0 Å². The van der Waals surface area contributed by atoms with Gasteiger partial charge in [0.1, 0.15) is 11.9 Å². The first kappa shape index (κ1) is 16.2. The van der Waals surface area contributed by atoms with E-state index < -0.39 is 0 Å². The van der Waals surface area contributed by atoms with Crippen molar-refractivity contribution in [3.63, 3.8) is 0 Å². The second-order valence-electron chi connectivity index (χ2n) is 6.80. The van der Waals surface area contributed by atoms with Crippen LogP contribution in [0.1, 0.15) is 48.2 Å². The number of hydrazine groups is 1. The molecule has 1 aliphatic heterocycles. The Balaban J connectivity index is 1.40. The van der Waals surface area contributed by atoms with Crippen molar-refractivity contribution in [2.24, 2.45) is 7.05 Å². The van der Waals surface area contributed by atoms with Crippen LogP contribution >= 0.6 is 0 Å². The molecule has 2 aliphatic rings. The highest BCUT2D eigenvalue weighted by Gasteiger charge is 2.32. The second kappa shape index (κ2) is 6.57. The van der Waals surface area contributed by atoms with E-state index in [0.717, 1.165) is 30.4 Å². The number of amides is 1. The topological polar surface area (TPSA) is 71.0 Å². The largest absolute Gasteiger partial charge is 0.348 e. The van der Waals surface area contributed by atoms with Crippen LogP contribution in [0.5, 0.6) is 0 Å². The molecule has 3 atom stereocenters. The number of carbonyl (C=O) groups excluding carboxylic acids is 1. The Hall–Kier alpha value is -2.25. The van der Waals surface area contributed by atoms with E-state index >= 15 is 0 Å². The number of hydrogen-bond acceptors (Lipinski definition) is 4. The van der Waals surface area contributed by atoms with E-state index in [9.17, 15) is 9.18 Å². The number of aryl methyl sites for hydroxylation is 1. The van der Waals surface area contributed by atoms with E-state index in [1.807, 2.05) is 17.9 Å². The number of halogens is 1. The molecule has 1 saturated heterocycles. The number of carbonyl (C=O) groups is 1. The molecule has 0 spiro atoms. The summed E-state index contributed by atoms with van der Waals surface area (Å²) in [7, 11) is 1.94. The molecule has 1 amide bonds. The molecule has 0 bridgehead atoms. The molecule has 1 aromatic heterocycles. The monoisotopic (exact) mass is 343 g/mol. The minimum atomic E-state index is -0.308. The summed E-state index contributed by atoms with van der Waals surface area (Å²) in [6.45, 7) is 0. The van der Waals surface area contributed by atoms with Gasteiger partial charge in [0, 0.05) is 24.3 Å². The summed E-state index contributed by atoms with van der Waals surface area (Å²) in [5.41, 5.74) is 9.50. The molecule has 7 heteroatoms. The van der Waals surface area contributed by atoms with E-state index in [1.54, 1.807) is 12.1 Å². The molecule has 0 saturated carbocycles. The Morgan fingerprint density at radius 3 is 2.92 bits per heavy atom. The number of aromatic nitrogens is 2. The molecular formula is C18H22FN5O. The minimum absolute atomic E-state index is 0.00309. The maximum absolute atomic E-state index is 13.1. The third-order valence-electron chi connectivity index (χ3n) is 5.18. The molecule has 3 N–H and O–H groups in total. The van der Waals surface area contributed by atoms with Crippen molar-refractivity contribution in [1.82, 2.24) is 25.9 Å². The molecule has 2 aromatic rings. The van der Waals surface area contributed by atoms with Crippen molar-refractivity contribution < 1.29 is 9.18 Å². The van der Waals surface area contributed by atoms with Crippen molar-refractivity contribution >= 4 is 5.91 Å². The van der Waals surface area contributed by atoms with Gasteiger partial charge in [-0.3, -0.25) is 9.48 Å². The van der Waals surface area contributed by atoms with Gasteiger partial charge in [0.2, 0.25) is 5.91 Å². The van der Waals surface area contributed by atoms with Crippen LogP contribution < -0.4 is 16.2 Å². The van der Waals surface area contributed by atoms with Gasteiger partial charge in [-0.2, -0.15) is 5.10 Å². The lowest BCUT2D eigenvalue weighted by atomic mass is 9.92. The molecule has 1 aromatic carbocycles. The lowest BCUT2D eigenvalue weighted by molar-refractivity contribution is -0.123. The molecular weight excluding hydrogens is 321 g/mol. The zero-order chi connectivity index (χ0) is 17.4. The zero-order valence-corrected chi connectivity index (χ0v) is 14.1. The molecule has 132 valence electrons. The van der Waals surface area contributed by atoms with E-state index in [-0.39, 0.29) is 29.8 Å². The van der Waals surface area contributed by atoms with E-state index in [2.05, 4.69) is 21.3 Å². The third kappa shape index (κ3) is 3.17. The first-order valence-corrected chi connectivity index (χ1v) is 8.69. The van der Waals surface area contributed by atoms with E-state index in [4.69, 9.17) is 0 Å². The van der Waals surface area contributed by atoms with Crippen molar-refractivity contribution in [3.8, 4) is 0 Å². The maximum atomic E-state index is 13.1. The Morgan fingerprint density at radius 2 is 2.12 bits per heavy atom. The van der Waals surface area contributed by atoms with Gasteiger partial charge in [0.15, 0.2) is 0 Å². The minimum Gasteiger partial charge on any atom is -0.348 e. The van der Waals surface area contributed by atoms with Crippen molar-refractivity contribution in [1.29, 1.82) is 0 Å². The van der Waals surface area contributed by atoms with Gasteiger partial charge in [-0.05, 0) is 43.4 Å². The van der Waals surface area contributed by atoms with Gasteiger partial charge in [0.05, 0.1) is 12.2 Å². The fraction of sp³-hybridized carbons (Fsp3) is 0.444. The Kier molecular flexibility index (Phi) is 4.27. The Bertz CT molecular complexity index is 772. The lowest BCUT2D eigenvalue weighted by Crippen LogP contribution is -2.44. The fourth-order valence-electron chi connectivity index (χ4n) is 3.77. The summed E-state index contributed by atoms with van der Waals surface area (Å²) in [4.78, 5) is 12.7. The summed E-state index contributed by atoms with van der Waals surface area (Å²) in [5.74, 6) is -0.271. The highest BCUT2D eigenvalue weighted by molar-refractivity contribution is 5.82. The van der Waals surface area contributed by atoms with E-state index in [0.29, 0.717) is 6.42 Å². The van der Waals surface area contributed by atoms with Crippen LogP contribution in [0.3, 0.4) is 0 Å². The maximum Gasteiger partial charge on any atom is 0.239 e. The van der Waals surface area contributed by atoms with Crippen molar-refractivity contribution in [2.75, 3.05) is 0 Å². The molecule has 4 rings (SSSR count). The Labute approximate surface area is 145 Å². The highest BCUT2D eigenvalue weighted by atomic mass is 19.1. The van der Waals surface area contributed by atoms with Crippen LogP contribution in [0.4, 0.5) is 4.39 Å². The number of fused-ring (bicyclic) bond motifs is 1. The third-order valence-corrected chi connectivity index (χ3v) is 5.18. The molecule has 6 nitrogen and oxygen atoms in total. The summed E-state index contributed by atoms with van der Waals surface area (Å²) >= 11 is 0. The standard InChI is InChI=1S/C18H22FN5O/c1-24-17-4-2-3-14(13(17)10-20-24)21-18(25)16-9-15(22-23-16)11-5-7-12(19)8-6-11/h5-8,10,14-16,22-23H,2-4,9H2,1H3,(H,21,25). The molecule has 1 aliphatic carbocycles.